The topological polar surface area (TPSA) is 52.3 Å². The van der Waals surface area contributed by atoms with Gasteiger partial charge in [0.05, 0.1) is 0 Å². The summed E-state index contributed by atoms with van der Waals surface area (Å²) in [5, 5.41) is 0. The average Bonchev–Trinajstić information content (AvgIpc) is 2.07. The predicted octanol–water partition coefficient (Wildman–Crippen LogP) is 1.64. The first kappa shape index (κ1) is 9.58. The summed E-state index contributed by atoms with van der Waals surface area (Å²) in [6, 6.07) is 5.57. The quantitative estimate of drug-likeness (QED) is 0.554. The van der Waals surface area contributed by atoms with Crippen molar-refractivity contribution in [3.63, 3.8) is 0 Å². The number of hydrogen-bond acceptors (Lipinski definition) is 3. The number of ether oxygens (including phenoxy) is 1. The number of benzene rings is 1. The van der Waals surface area contributed by atoms with Gasteiger partial charge in [-0.15, -0.1) is 0 Å². The highest BCUT2D eigenvalue weighted by Crippen LogP contribution is 2.16. The molecule has 0 fully saturated rings. The van der Waals surface area contributed by atoms with E-state index >= 15 is 0 Å². The van der Waals surface area contributed by atoms with Gasteiger partial charge in [0.2, 0.25) is 0 Å². The van der Waals surface area contributed by atoms with Gasteiger partial charge in [-0.2, -0.15) is 0 Å². The van der Waals surface area contributed by atoms with E-state index in [1.165, 1.54) is 6.92 Å². The van der Waals surface area contributed by atoms with Gasteiger partial charge in [0, 0.05) is 12.6 Å². The molecule has 70 valence electrons. The summed E-state index contributed by atoms with van der Waals surface area (Å²) < 4.78 is 4.87. The fraction of sp³-hybridized carbons (Fsp3) is 0.300. The van der Waals surface area contributed by atoms with E-state index in [0.29, 0.717) is 6.61 Å². The second-order valence-corrected chi connectivity index (χ2v) is 2.91. The Labute approximate surface area is 77.5 Å². The first-order valence-corrected chi connectivity index (χ1v) is 4.08. The Morgan fingerprint density at radius 3 is 2.85 bits per heavy atom. The normalized spacial score (nSPS) is 9.69. The van der Waals surface area contributed by atoms with E-state index < -0.39 is 0 Å². The maximum atomic E-state index is 10.6. The SMILES string of the molecule is CC(=O)OCc1cccc(N)c1C. The highest BCUT2D eigenvalue weighted by molar-refractivity contribution is 5.66. The summed E-state index contributed by atoms with van der Waals surface area (Å²) in [7, 11) is 0. The summed E-state index contributed by atoms with van der Waals surface area (Å²) in [4.78, 5) is 10.6. The van der Waals surface area contributed by atoms with Crippen LogP contribution in [0.3, 0.4) is 0 Å². The van der Waals surface area contributed by atoms with Gasteiger partial charge in [-0.1, -0.05) is 12.1 Å². The molecule has 0 unspecified atom stereocenters. The van der Waals surface area contributed by atoms with Crippen LogP contribution in [-0.4, -0.2) is 5.97 Å². The van der Waals surface area contributed by atoms with E-state index in [2.05, 4.69) is 0 Å². The van der Waals surface area contributed by atoms with Gasteiger partial charge in [0.25, 0.3) is 0 Å². The molecule has 0 saturated carbocycles. The highest BCUT2D eigenvalue weighted by atomic mass is 16.5. The lowest BCUT2D eigenvalue weighted by molar-refractivity contribution is -0.142. The van der Waals surface area contributed by atoms with E-state index in [9.17, 15) is 4.79 Å². The van der Waals surface area contributed by atoms with Crippen LogP contribution < -0.4 is 5.73 Å². The van der Waals surface area contributed by atoms with Gasteiger partial charge in [0.15, 0.2) is 0 Å². The zero-order valence-electron chi connectivity index (χ0n) is 7.83. The summed E-state index contributed by atoms with van der Waals surface area (Å²) in [6.07, 6.45) is 0. The number of nitrogens with two attached hydrogens (primary N) is 1. The Morgan fingerprint density at radius 1 is 1.54 bits per heavy atom. The lowest BCUT2D eigenvalue weighted by Gasteiger charge is -2.07. The van der Waals surface area contributed by atoms with Crippen LogP contribution >= 0.6 is 0 Å². The molecule has 1 aromatic rings. The van der Waals surface area contributed by atoms with Crippen molar-refractivity contribution in [1.29, 1.82) is 0 Å². The van der Waals surface area contributed by atoms with Gasteiger partial charge >= 0.3 is 5.97 Å². The molecule has 0 spiro atoms. The second kappa shape index (κ2) is 3.94. The van der Waals surface area contributed by atoms with Gasteiger partial charge in [-0.3, -0.25) is 4.79 Å². The number of nitrogen functional groups attached to an aromatic ring is 1. The third-order valence-electron chi connectivity index (χ3n) is 1.92. The van der Waals surface area contributed by atoms with Crippen LogP contribution in [0.25, 0.3) is 0 Å². The fourth-order valence-electron chi connectivity index (χ4n) is 1.04. The molecule has 0 atom stereocenters. The molecule has 2 N–H and O–H groups in total. The monoisotopic (exact) mass is 179 g/mol. The minimum absolute atomic E-state index is 0.276. The average molecular weight is 179 g/mol. The molecule has 1 aromatic carbocycles. The Morgan fingerprint density at radius 2 is 2.23 bits per heavy atom. The van der Waals surface area contributed by atoms with Crippen LogP contribution in [0.15, 0.2) is 18.2 Å². The number of hydrogen-bond donors (Lipinski definition) is 1. The minimum Gasteiger partial charge on any atom is -0.461 e. The summed E-state index contributed by atoms with van der Waals surface area (Å²) in [5.74, 6) is -0.276. The van der Waals surface area contributed by atoms with Crippen molar-refractivity contribution in [2.24, 2.45) is 0 Å². The Kier molecular flexibility index (Phi) is 2.90. The molecule has 0 aromatic heterocycles. The fourth-order valence-corrected chi connectivity index (χ4v) is 1.04. The number of esters is 1. The van der Waals surface area contributed by atoms with Crippen LogP contribution in [0.5, 0.6) is 0 Å². The summed E-state index contributed by atoms with van der Waals surface area (Å²) in [6.45, 7) is 3.60. The van der Waals surface area contributed by atoms with Crippen molar-refractivity contribution in [2.45, 2.75) is 20.5 Å². The Balaban J connectivity index is 2.77. The van der Waals surface area contributed by atoms with Crippen LogP contribution in [0, 0.1) is 6.92 Å². The van der Waals surface area contributed by atoms with Crippen LogP contribution in [-0.2, 0) is 16.1 Å². The smallest absolute Gasteiger partial charge is 0.302 e. The first-order valence-electron chi connectivity index (χ1n) is 4.08. The van der Waals surface area contributed by atoms with Crippen molar-refractivity contribution in [3.8, 4) is 0 Å². The zero-order chi connectivity index (χ0) is 9.84. The molecule has 0 aliphatic heterocycles. The van der Waals surface area contributed by atoms with E-state index in [0.717, 1.165) is 16.8 Å². The number of rotatable bonds is 2. The molecule has 0 radical (unpaired) electrons. The Hall–Kier alpha value is -1.51. The van der Waals surface area contributed by atoms with E-state index in [1.54, 1.807) is 0 Å². The Bertz CT molecular complexity index is 321. The van der Waals surface area contributed by atoms with E-state index in [-0.39, 0.29) is 5.97 Å². The molecule has 3 heteroatoms. The third-order valence-corrected chi connectivity index (χ3v) is 1.92. The van der Waals surface area contributed by atoms with Crippen molar-refractivity contribution >= 4 is 11.7 Å². The molecule has 0 aliphatic carbocycles. The second-order valence-electron chi connectivity index (χ2n) is 2.91. The van der Waals surface area contributed by atoms with E-state index in [4.69, 9.17) is 10.5 Å². The van der Waals surface area contributed by atoms with Crippen molar-refractivity contribution in [2.75, 3.05) is 5.73 Å². The number of carbonyl (C=O) groups excluding carboxylic acids is 1. The minimum atomic E-state index is -0.276. The van der Waals surface area contributed by atoms with Gasteiger partial charge in [-0.05, 0) is 24.1 Å². The molecule has 1 rings (SSSR count). The van der Waals surface area contributed by atoms with Crippen LogP contribution in [0.4, 0.5) is 5.69 Å². The molecule has 13 heavy (non-hydrogen) atoms. The molecule has 0 bridgehead atoms. The lowest BCUT2D eigenvalue weighted by Crippen LogP contribution is -2.02. The van der Waals surface area contributed by atoms with Crippen molar-refractivity contribution < 1.29 is 9.53 Å². The largest absolute Gasteiger partial charge is 0.461 e. The molecule has 0 amide bonds. The highest BCUT2D eigenvalue weighted by Gasteiger charge is 2.02. The standard InChI is InChI=1S/C10H13NO2/c1-7-9(6-13-8(2)12)4-3-5-10(7)11/h3-5H,6,11H2,1-2H3. The van der Waals surface area contributed by atoms with Crippen LogP contribution in [0.2, 0.25) is 0 Å². The zero-order valence-corrected chi connectivity index (χ0v) is 7.83. The van der Waals surface area contributed by atoms with Crippen molar-refractivity contribution in [1.82, 2.24) is 0 Å². The summed E-state index contributed by atoms with van der Waals surface area (Å²) in [5.41, 5.74) is 8.34. The third kappa shape index (κ3) is 2.47. The summed E-state index contributed by atoms with van der Waals surface area (Å²) >= 11 is 0. The number of anilines is 1. The van der Waals surface area contributed by atoms with Gasteiger partial charge < -0.3 is 10.5 Å². The molecular formula is C10H13NO2. The van der Waals surface area contributed by atoms with Crippen LogP contribution in [0.1, 0.15) is 18.1 Å². The molecule has 0 saturated heterocycles. The lowest BCUT2D eigenvalue weighted by atomic mass is 10.1. The van der Waals surface area contributed by atoms with Gasteiger partial charge in [0.1, 0.15) is 6.61 Å². The van der Waals surface area contributed by atoms with E-state index in [1.807, 2.05) is 25.1 Å². The maximum Gasteiger partial charge on any atom is 0.302 e. The molecular weight excluding hydrogens is 166 g/mol. The number of carbonyl (C=O) groups is 1. The first-order chi connectivity index (χ1) is 6.11. The molecule has 0 aliphatic rings. The predicted molar refractivity (Wildman–Crippen MR) is 51.1 cm³/mol. The molecule has 0 heterocycles. The van der Waals surface area contributed by atoms with Crippen molar-refractivity contribution in [3.05, 3.63) is 29.3 Å². The van der Waals surface area contributed by atoms with Gasteiger partial charge in [-0.25, -0.2) is 0 Å². The molecule has 3 nitrogen and oxygen atoms in total. The maximum absolute atomic E-state index is 10.6.